The number of aryl methyl sites for hydroxylation is 1. The number of alkyl halides is 3. The minimum absolute atomic E-state index is 0.247. The number of carbonyl (C=O) groups is 1. The van der Waals surface area contributed by atoms with Crippen molar-refractivity contribution in [1.82, 2.24) is 20.2 Å². The van der Waals surface area contributed by atoms with E-state index in [0.29, 0.717) is 22.4 Å². The molecule has 3 heterocycles. The Labute approximate surface area is 186 Å². The van der Waals surface area contributed by atoms with Crippen LogP contribution in [0.4, 0.5) is 30.6 Å². The van der Waals surface area contributed by atoms with Gasteiger partial charge in [0, 0.05) is 42.2 Å². The number of Topliss-reactive ketones (excluding diaryl/α,β-unsaturated/α-hetero) is 1. The third-order valence-corrected chi connectivity index (χ3v) is 5.64. The van der Waals surface area contributed by atoms with Crippen molar-refractivity contribution in [2.45, 2.75) is 42.4 Å². The first-order chi connectivity index (χ1) is 15.2. The van der Waals surface area contributed by atoms with E-state index in [-0.39, 0.29) is 6.42 Å². The Morgan fingerprint density at radius 1 is 1.16 bits per heavy atom. The number of halogens is 3. The normalized spacial score (nSPS) is 13.7. The van der Waals surface area contributed by atoms with Crippen molar-refractivity contribution in [3.8, 4) is 0 Å². The molecule has 0 unspecified atom stereocenters. The number of carbonyl (C=O) groups excluding carboxylic acids is 1. The highest BCUT2D eigenvalue weighted by Crippen LogP contribution is 2.30. The van der Waals surface area contributed by atoms with Gasteiger partial charge in [-0.05, 0) is 42.8 Å². The number of hydrogen-bond donors (Lipinski definition) is 2. The fraction of sp³-hybridized carbons (Fsp3) is 0.333. The van der Waals surface area contributed by atoms with Crippen LogP contribution in [0.1, 0.15) is 24.1 Å². The van der Waals surface area contributed by atoms with Gasteiger partial charge < -0.3 is 10.2 Å². The minimum atomic E-state index is -4.48. The molecule has 3 aromatic rings. The Hall–Kier alpha value is -3.08. The molecule has 0 atom stereocenters. The quantitative estimate of drug-likeness (QED) is 0.470. The third-order valence-electron chi connectivity index (χ3n) is 4.77. The maximum absolute atomic E-state index is 12.4. The molecule has 1 aliphatic heterocycles. The van der Waals surface area contributed by atoms with E-state index in [9.17, 15) is 18.0 Å². The van der Waals surface area contributed by atoms with Crippen molar-refractivity contribution in [2.75, 3.05) is 23.3 Å². The first-order valence-corrected chi connectivity index (χ1v) is 10.8. The van der Waals surface area contributed by atoms with Crippen LogP contribution in [-0.2, 0) is 11.2 Å². The average Bonchev–Trinajstić information content (AvgIpc) is 3.05. The smallest absolute Gasteiger partial charge is 0.356 e. The van der Waals surface area contributed by atoms with Crippen LogP contribution < -0.4 is 10.2 Å². The van der Waals surface area contributed by atoms with Gasteiger partial charge in [-0.3, -0.25) is 9.89 Å². The molecule has 2 N–H and O–H groups in total. The van der Waals surface area contributed by atoms with Crippen molar-refractivity contribution in [3.05, 3.63) is 47.7 Å². The highest BCUT2D eigenvalue weighted by atomic mass is 32.2. The number of ketones is 1. The lowest BCUT2D eigenvalue weighted by molar-refractivity contribution is -0.151. The second-order valence-electron chi connectivity index (χ2n) is 7.55. The average molecular weight is 463 g/mol. The molecular weight excluding hydrogens is 441 g/mol. The van der Waals surface area contributed by atoms with Gasteiger partial charge in [0.2, 0.25) is 0 Å². The zero-order chi connectivity index (χ0) is 22.7. The number of benzene rings is 1. The molecular formula is C21H21F3N6OS. The summed E-state index contributed by atoms with van der Waals surface area (Å²) < 4.78 is 37.1. The summed E-state index contributed by atoms with van der Waals surface area (Å²) in [5.74, 6) is 1.23. The predicted molar refractivity (Wildman–Crippen MR) is 115 cm³/mol. The van der Waals surface area contributed by atoms with Gasteiger partial charge in [0.05, 0.1) is 0 Å². The van der Waals surface area contributed by atoms with Crippen LogP contribution in [-0.4, -0.2) is 45.2 Å². The standard InChI is InChI=1S/C21H21F3N6OS/c1-13-9-18(29-28-13)25-17-11-19(30-7-2-8-30)27-20(26-17)32-16-5-3-14(4-6-16)10-15(31)12-21(22,23)24/h3-6,9,11H,2,7-8,10,12H2,1H3,(H2,25,26,27,28,29). The van der Waals surface area contributed by atoms with Crippen LogP contribution >= 0.6 is 11.8 Å². The Morgan fingerprint density at radius 3 is 2.50 bits per heavy atom. The Bertz CT molecular complexity index is 1100. The van der Waals surface area contributed by atoms with E-state index in [2.05, 4.69) is 30.4 Å². The van der Waals surface area contributed by atoms with Gasteiger partial charge in [-0.15, -0.1) is 0 Å². The molecule has 2 aromatic heterocycles. The molecule has 1 fully saturated rings. The number of nitrogens with one attached hydrogen (secondary N) is 2. The third kappa shape index (κ3) is 6.00. The summed E-state index contributed by atoms with van der Waals surface area (Å²) in [7, 11) is 0. The number of hydrogen-bond acceptors (Lipinski definition) is 7. The van der Waals surface area contributed by atoms with Crippen LogP contribution in [0.15, 0.2) is 46.5 Å². The Morgan fingerprint density at radius 2 is 1.91 bits per heavy atom. The molecule has 32 heavy (non-hydrogen) atoms. The molecule has 0 bridgehead atoms. The first-order valence-electron chi connectivity index (χ1n) is 10.0. The molecule has 168 valence electrons. The lowest BCUT2D eigenvalue weighted by Crippen LogP contribution is -2.37. The number of rotatable bonds is 8. The van der Waals surface area contributed by atoms with Gasteiger partial charge >= 0.3 is 6.18 Å². The maximum atomic E-state index is 12.4. The zero-order valence-electron chi connectivity index (χ0n) is 17.2. The van der Waals surface area contributed by atoms with Crippen molar-refractivity contribution >= 4 is 35.0 Å². The highest BCUT2D eigenvalue weighted by molar-refractivity contribution is 7.99. The second-order valence-corrected chi connectivity index (χ2v) is 8.59. The lowest BCUT2D eigenvalue weighted by Gasteiger charge is -2.32. The summed E-state index contributed by atoms with van der Waals surface area (Å²) in [5.41, 5.74) is 1.46. The van der Waals surface area contributed by atoms with E-state index < -0.39 is 18.4 Å². The fourth-order valence-electron chi connectivity index (χ4n) is 3.14. The summed E-state index contributed by atoms with van der Waals surface area (Å²) in [6.45, 7) is 3.77. The van der Waals surface area contributed by atoms with Gasteiger partial charge in [-0.25, -0.2) is 9.97 Å². The molecule has 0 aliphatic carbocycles. The maximum Gasteiger partial charge on any atom is 0.395 e. The molecule has 0 spiro atoms. The summed E-state index contributed by atoms with van der Waals surface area (Å²) >= 11 is 1.34. The number of nitrogens with zero attached hydrogens (tertiary/aromatic N) is 4. The van der Waals surface area contributed by atoms with Crippen LogP contribution in [0.2, 0.25) is 0 Å². The van der Waals surface area contributed by atoms with E-state index in [4.69, 9.17) is 0 Å². The Kier molecular flexibility index (Phi) is 6.35. The van der Waals surface area contributed by atoms with Gasteiger partial charge in [0.15, 0.2) is 11.0 Å². The van der Waals surface area contributed by atoms with Crippen LogP contribution in [0.25, 0.3) is 0 Å². The monoisotopic (exact) mass is 462 g/mol. The van der Waals surface area contributed by atoms with Gasteiger partial charge in [-0.1, -0.05) is 12.1 Å². The topological polar surface area (TPSA) is 86.8 Å². The zero-order valence-corrected chi connectivity index (χ0v) is 18.1. The first kappa shape index (κ1) is 22.1. The van der Waals surface area contributed by atoms with E-state index in [1.165, 1.54) is 11.8 Å². The van der Waals surface area contributed by atoms with Gasteiger partial charge in [0.1, 0.15) is 23.8 Å². The molecule has 1 saturated heterocycles. The van der Waals surface area contributed by atoms with Crippen LogP contribution in [0.3, 0.4) is 0 Å². The Balaban J connectivity index is 1.47. The summed E-state index contributed by atoms with van der Waals surface area (Å²) in [4.78, 5) is 23.7. The molecule has 4 rings (SSSR count). The van der Waals surface area contributed by atoms with Crippen LogP contribution in [0.5, 0.6) is 0 Å². The van der Waals surface area contributed by atoms with Crippen molar-refractivity contribution < 1.29 is 18.0 Å². The molecule has 1 aliphatic rings. The van der Waals surface area contributed by atoms with Crippen LogP contribution in [0, 0.1) is 6.92 Å². The molecule has 0 radical (unpaired) electrons. The molecule has 0 saturated carbocycles. The van der Waals surface area contributed by atoms with E-state index in [1.54, 1.807) is 24.3 Å². The van der Waals surface area contributed by atoms with E-state index in [0.717, 1.165) is 35.9 Å². The predicted octanol–water partition coefficient (Wildman–Crippen LogP) is 4.68. The van der Waals surface area contributed by atoms with E-state index in [1.807, 2.05) is 19.1 Å². The van der Waals surface area contributed by atoms with Gasteiger partial charge in [0.25, 0.3) is 0 Å². The minimum Gasteiger partial charge on any atom is -0.356 e. The summed E-state index contributed by atoms with van der Waals surface area (Å²) in [6.07, 6.45) is -5.02. The number of aromatic nitrogens is 4. The van der Waals surface area contributed by atoms with Crippen molar-refractivity contribution in [3.63, 3.8) is 0 Å². The van der Waals surface area contributed by atoms with Gasteiger partial charge in [-0.2, -0.15) is 18.3 Å². The molecule has 7 nitrogen and oxygen atoms in total. The molecule has 11 heteroatoms. The summed E-state index contributed by atoms with van der Waals surface area (Å²) in [6, 6.07) is 10.6. The lowest BCUT2D eigenvalue weighted by atomic mass is 10.1. The number of H-pyrrole nitrogens is 1. The largest absolute Gasteiger partial charge is 0.395 e. The molecule has 1 aromatic carbocycles. The van der Waals surface area contributed by atoms with Crippen molar-refractivity contribution in [1.29, 1.82) is 0 Å². The number of anilines is 3. The summed E-state index contributed by atoms with van der Waals surface area (Å²) in [5, 5.41) is 10.8. The SMILES string of the molecule is Cc1cc(Nc2cc(N3CCC3)nc(Sc3ccc(CC(=O)CC(F)(F)F)cc3)n2)n[nH]1. The molecule has 0 amide bonds. The fourth-order valence-corrected chi connectivity index (χ4v) is 3.90. The number of aromatic amines is 1. The highest BCUT2D eigenvalue weighted by Gasteiger charge is 2.30. The second kappa shape index (κ2) is 9.19. The van der Waals surface area contributed by atoms with E-state index >= 15 is 0 Å². The van der Waals surface area contributed by atoms with Crippen molar-refractivity contribution in [2.24, 2.45) is 0 Å².